The van der Waals surface area contributed by atoms with Gasteiger partial charge in [0.15, 0.2) is 11.5 Å². The molecule has 1 saturated heterocycles. The fourth-order valence-corrected chi connectivity index (χ4v) is 2.58. The number of halogens is 1. The number of nitrogens with two attached hydrogens (primary N) is 1. The molecule has 2 rings (SSSR count). The number of ether oxygens (including phenoxy) is 2. The normalized spacial score (nSPS) is 18.1. The molecular weight excluding hydrogens is 247 g/mol. The van der Waals surface area contributed by atoms with Gasteiger partial charge >= 0.3 is 0 Å². The summed E-state index contributed by atoms with van der Waals surface area (Å²) in [6.07, 6.45) is 1.93. The summed E-state index contributed by atoms with van der Waals surface area (Å²) in [4.78, 5) is 0. The molecule has 0 spiro atoms. The van der Waals surface area contributed by atoms with E-state index in [4.69, 9.17) is 15.2 Å². The maximum atomic E-state index is 14.1. The van der Waals surface area contributed by atoms with Crippen molar-refractivity contribution in [3.8, 4) is 11.5 Å². The molecule has 0 aromatic heterocycles. The lowest BCUT2D eigenvalue weighted by molar-refractivity contribution is 0.313. The molecule has 1 aromatic carbocycles. The number of hydrogen-bond acceptors (Lipinski definition) is 4. The number of methoxy groups -OCH3 is 2. The molecule has 1 atom stereocenters. The maximum Gasteiger partial charge on any atom is 0.163 e. The third-order valence-corrected chi connectivity index (χ3v) is 3.75. The van der Waals surface area contributed by atoms with Crippen molar-refractivity contribution in [3.05, 3.63) is 23.5 Å². The van der Waals surface area contributed by atoms with Crippen molar-refractivity contribution in [2.24, 2.45) is 11.7 Å². The first-order valence-electron chi connectivity index (χ1n) is 6.55. The standard InChI is InChI=1S/C14H21FN2O2/c1-18-12-7-10(11(15)8-13(12)19-2)14(16)9-3-5-17-6-4-9/h7-9,14,17H,3-6,16H2,1-2H3/t14-/m1/s1. The van der Waals surface area contributed by atoms with E-state index in [9.17, 15) is 4.39 Å². The Kier molecular flexibility index (Phi) is 4.61. The average Bonchev–Trinajstić information content (AvgIpc) is 2.47. The molecule has 3 N–H and O–H groups in total. The Hall–Kier alpha value is -1.33. The van der Waals surface area contributed by atoms with Crippen LogP contribution in [0.4, 0.5) is 4.39 Å². The molecule has 0 unspecified atom stereocenters. The molecule has 0 bridgehead atoms. The molecule has 0 radical (unpaired) electrons. The summed E-state index contributed by atoms with van der Waals surface area (Å²) >= 11 is 0. The summed E-state index contributed by atoms with van der Waals surface area (Å²) in [5.74, 6) is 0.877. The smallest absolute Gasteiger partial charge is 0.163 e. The van der Waals surface area contributed by atoms with Crippen molar-refractivity contribution < 1.29 is 13.9 Å². The quantitative estimate of drug-likeness (QED) is 0.875. The second-order valence-corrected chi connectivity index (χ2v) is 4.84. The summed E-state index contributed by atoms with van der Waals surface area (Å²) in [6, 6.07) is 2.69. The lowest BCUT2D eigenvalue weighted by Gasteiger charge is -2.29. The molecule has 5 heteroatoms. The fourth-order valence-electron chi connectivity index (χ4n) is 2.58. The van der Waals surface area contributed by atoms with Gasteiger partial charge in [-0.15, -0.1) is 0 Å². The Morgan fingerprint density at radius 3 is 2.37 bits per heavy atom. The van der Waals surface area contributed by atoms with Crippen molar-refractivity contribution in [1.82, 2.24) is 5.32 Å². The lowest BCUT2D eigenvalue weighted by Crippen LogP contribution is -2.34. The molecule has 0 saturated carbocycles. The molecule has 1 aliphatic rings. The Balaban J connectivity index is 2.27. The number of benzene rings is 1. The van der Waals surface area contributed by atoms with E-state index in [-0.39, 0.29) is 11.9 Å². The molecule has 106 valence electrons. The lowest BCUT2D eigenvalue weighted by atomic mass is 9.86. The van der Waals surface area contributed by atoms with Crippen LogP contribution in [0.1, 0.15) is 24.4 Å². The van der Waals surface area contributed by atoms with Gasteiger partial charge in [0.2, 0.25) is 0 Å². The Labute approximate surface area is 113 Å². The third kappa shape index (κ3) is 2.98. The average molecular weight is 268 g/mol. The largest absolute Gasteiger partial charge is 0.493 e. The Morgan fingerprint density at radius 1 is 1.21 bits per heavy atom. The van der Waals surface area contributed by atoms with E-state index in [1.165, 1.54) is 20.3 Å². The second-order valence-electron chi connectivity index (χ2n) is 4.84. The summed E-state index contributed by atoms with van der Waals surface area (Å²) in [6.45, 7) is 1.88. The van der Waals surface area contributed by atoms with E-state index in [0.29, 0.717) is 23.0 Å². The molecule has 19 heavy (non-hydrogen) atoms. The highest BCUT2D eigenvalue weighted by atomic mass is 19.1. The van der Waals surface area contributed by atoms with Crippen LogP contribution in [-0.2, 0) is 0 Å². The molecule has 1 fully saturated rings. The van der Waals surface area contributed by atoms with E-state index in [1.54, 1.807) is 6.07 Å². The van der Waals surface area contributed by atoms with E-state index >= 15 is 0 Å². The van der Waals surface area contributed by atoms with Crippen LogP contribution in [-0.4, -0.2) is 27.3 Å². The first kappa shape index (κ1) is 14.1. The topological polar surface area (TPSA) is 56.5 Å². The summed E-state index contributed by atoms with van der Waals surface area (Å²) in [5.41, 5.74) is 6.73. The van der Waals surface area contributed by atoms with Crippen LogP contribution in [0.25, 0.3) is 0 Å². The highest BCUT2D eigenvalue weighted by Crippen LogP contribution is 2.35. The number of rotatable bonds is 4. The molecule has 1 heterocycles. The second kappa shape index (κ2) is 6.21. The minimum atomic E-state index is -0.330. The van der Waals surface area contributed by atoms with Crippen molar-refractivity contribution in [3.63, 3.8) is 0 Å². The van der Waals surface area contributed by atoms with Crippen LogP contribution >= 0.6 is 0 Å². The van der Waals surface area contributed by atoms with Gasteiger partial charge in [-0.1, -0.05) is 0 Å². The summed E-state index contributed by atoms with van der Waals surface area (Å²) < 4.78 is 24.4. The third-order valence-electron chi connectivity index (χ3n) is 3.75. The van der Waals surface area contributed by atoms with Crippen LogP contribution in [0.3, 0.4) is 0 Å². The first-order chi connectivity index (χ1) is 9.17. The van der Waals surface area contributed by atoms with Gasteiger partial charge in [0.25, 0.3) is 0 Å². The van der Waals surface area contributed by atoms with E-state index < -0.39 is 0 Å². The van der Waals surface area contributed by atoms with Gasteiger partial charge in [-0.2, -0.15) is 0 Å². The SMILES string of the molecule is COc1cc(F)c([C@H](N)C2CCNCC2)cc1OC. The zero-order valence-electron chi connectivity index (χ0n) is 11.4. The van der Waals surface area contributed by atoms with Crippen LogP contribution in [0, 0.1) is 11.7 Å². The van der Waals surface area contributed by atoms with E-state index in [2.05, 4.69) is 5.32 Å². The minimum absolute atomic E-state index is 0.300. The van der Waals surface area contributed by atoms with Crippen molar-refractivity contribution in [1.29, 1.82) is 0 Å². The van der Waals surface area contributed by atoms with Gasteiger partial charge in [-0.05, 0) is 37.9 Å². The summed E-state index contributed by atoms with van der Waals surface area (Å²) in [7, 11) is 3.03. The molecule has 1 aliphatic heterocycles. The van der Waals surface area contributed by atoms with Gasteiger partial charge in [-0.3, -0.25) is 0 Å². The molecule has 1 aromatic rings. The van der Waals surface area contributed by atoms with Crippen molar-refractivity contribution in [2.45, 2.75) is 18.9 Å². The number of nitrogens with one attached hydrogen (secondary N) is 1. The first-order valence-corrected chi connectivity index (χ1v) is 6.55. The minimum Gasteiger partial charge on any atom is -0.493 e. The highest BCUT2D eigenvalue weighted by molar-refractivity contribution is 5.44. The fraction of sp³-hybridized carbons (Fsp3) is 0.571. The summed E-state index contributed by atoms with van der Waals surface area (Å²) in [5, 5.41) is 3.28. The van der Waals surface area contributed by atoms with Crippen LogP contribution < -0.4 is 20.5 Å². The predicted octanol–water partition coefficient (Wildman–Crippen LogP) is 1.84. The molecule has 0 aliphatic carbocycles. The molecular formula is C14H21FN2O2. The van der Waals surface area contributed by atoms with Gasteiger partial charge in [0.05, 0.1) is 14.2 Å². The van der Waals surface area contributed by atoms with Gasteiger partial charge in [-0.25, -0.2) is 4.39 Å². The van der Waals surface area contributed by atoms with Crippen molar-refractivity contribution >= 4 is 0 Å². The maximum absolute atomic E-state index is 14.1. The highest BCUT2D eigenvalue weighted by Gasteiger charge is 2.25. The zero-order valence-corrected chi connectivity index (χ0v) is 11.4. The Morgan fingerprint density at radius 2 is 1.79 bits per heavy atom. The number of hydrogen-bond donors (Lipinski definition) is 2. The van der Waals surface area contributed by atoms with Gasteiger partial charge in [0, 0.05) is 17.7 Å². The predicted molar refractivity (Wildman–Crippen MR) is 72.0 cm³/mol. The monoisotopic (exact) mass is 268 g/mol. The van der Waals surface area contributed by atoms with Crippen LogP contribution in [0.15, 0.2) is 12.1 Å². The van der Waals surface area contributed by atoms with E-state index in [1.807, 2.05) is 0 Å². The van der Waals surface area contributed by atoms with Crippen LogP contribution in [0.5, 0.6) is 11.5 Å². The van der Waals surface area contributed by atoms with Gasteiger partial charge in [0.1, 0.15) is 5.82 Å². The van der Waals surface area contributed by atoms with Gasteiger partial charge < -0.3 is 20.5 Å². The van der Waals surface area contributed by atoms with E-state index in [0.717, 1.165) is 25.9 Å². The van der Waals surface area contributed by atoms with Crippen LogP contribution in [0.2, 0.25) is 0 Å². The Bertz CT molecular complexity index is 434. The van der Waals surface area contributed by atoms with Crippen molar-refractivity contribution in [2.75, 3.05) is 27.3 Å². The molecule has 4 nitrogen and oxygen atoms in total. The zero-order chi connectivity index (χ0) is 13.8. The molecule has 0 amide bonds. The number of piperidine rings is 1.